The van der Waals surface area contributed by atoms with Gasteiger partial charge < -0.3 is 10.0 Å². The van der Waals surface area contributed by atoms with Crippen LogP contribution < -0.4 is 0 Å². The molecule has 0 spiro atoms. The molecule has 1 unspecified atom stereocenters. The smallest absolute Gasteiger partial charge is 0.381 e. The van der Waals surface area contributed by atoms with E-state index in [1.54, 1.807) is 29.2 Å². The first-order chi connectivity index (χ1) is 17.2. The molecule has 0 aromatic heterocycles. The minimum Gasteiger partial charge on any atom is -0.381 e. The molecular formula is C29H34Cl2F3NO2. The highest BCUT2D eigenvalue weighted by Crippen LogP contribution is 2.53. The number of rotatable bonds is 9. The molecule has 0 radical (unpaired) electrons. The number of alkyl halides is 3. The third-order valence-corrected chi connectivity index (χ3v) is 8.11. The maximum absolute atomic E-state index is 14.2. The number of hydrogen-bond donors (Lipinski definition) is 1. The first kappa shape index (κ1) is 29.5. The Bertz CT molecular complexity index is 1100. The van der Waals surface area contributed by atoms with E-state index in [0.29, 0.717) is 29.3 Å². The molecule has 37 heavy (non-hydrogen) atoms. The van der Waals surface area contributed by atoms with Crippen molar-refractivity contribution >= 4 is 29.1 Å². The molecule has 3 rings (SSSR count). The Morgan fingerprint density at radius 2 is 1.81 bits per heavy atom. The highest BCUT2D eigenvalue weighted by molar-refractivity contribution is 6.30. The van der Waals surface area contributed by atoms with Crippen LogP contribution in [-0.4, -0.2) is 33.7 Å². The van der Waals surface area contributed by atoms with Crippen LogP contribution in [0.15, 0.2) is 61.2 Å². The number of hydrogen-bond acceptors (Lipinski definition) is 2. The minimum atomic E-state index is -4.77. The Kier molecular flexibility index (Phi) is 9.09. The molecule has 1 aliphatic heterocycles. The Morgan fingerprint density at radius 1 is 1.16 bits per heavy atom. The van der Waals surface area contributed by atoms with Gasteiger partial charge >= 0.3 is 6.18 Å². The van der Waals surface area contributed by atoms with Crippen molar-refractivity contribution in [2.45, 2.75) is 82.7 Å². The summed E-state index contributed by atoms with van der Waals surface area (Å²) >= 11 is 12.5. The van der Waals surface area contributed by atoms with E-state index in [0.717, 1.165) is 18.1 Å². The van der Waals surface area contributed by atoms with Gasteiger partial charge in [0, 0.05) is 22.0 Å². The summed E-state index contributed by atoms with van der Waals surface area (Å²) < 4.78 is 40.4. The Labute approximate surface area is 227 Å². The maximum atomic E-state index is 14.2. The molecule has 2 aromatic carbocycles. The topological polar surface area (TPSA) is 40.5 Å². The van der Waals surface area contributed by atoms with E-state index in [-0.39, 0.29) is 18.2 Å². The van der Waals surface area contributed by atoms with E-state index in [4.69, 9.17) is 23.2 Å². The summed E-state index contributed by atoms with van der Waals surface area (Å²) in [5.41, 5.74) is -1.88. The van der Waals surface area contributed by atoms with E-state index in [1.165, 1.54) is 0 Å². The van der Waals surface area contributed by atoms with Crippen LogP contribution in [0.3, 0.4) is 0 Å². The fourth-order valence-electron chi connectivity index (χ4n) is 5.42. The van der Waals surface area contributed by atoms with Crippen LogP contribution >= 0.6 is 23.2 Å². The zero-order chi connectivity index (χ0) is 27.6. The van der Waals surface area contributed by atoms with Crippen LogP contribution in [0.4, 0.5) is 13.2 Å². The SMILES string of the molecule is C=CC[C@@]1(C)C[C@H](c2cccc(Cl)c2)C(c2ccc(Cl)cc2)N([C@@H](CC)CC[C@@](C)(O)C(F)(F)F)C1=O. The van der Waals surface area contributed by atoms with Crippen molar-refractivity contribution in [3.8, 4) is 0 Å². The second-order valence-corrected chi connectivity index (χ2v) is 11.4. The van der Waals surface area contributed by atoms with Crippen molar-refractivity contribution < 1.29 is 23.1 Å². The number of piperidine rings is 1. The van der Waals surface area contributed by atoms with Gasteiger partial charge in [0.15, 0.2) is 5.60 Å². The number of halogens is 5. The fraction of sp³-hybridized carbons (Fsp3) is 0.483. The van der Waals surface area contributed by atoms with E-state index >= 15 is 0 Å². The Hall–Kier alpha value is -2.02. The molecular weight excluding hydrogens is 522 g/mol. The minimum absolute atomic E-state index is 0.00866. The van der Waals surface area contributed by atoms with Gasteiger partial charge in [-0.2, -0.15) is 13.2 Å². The summed E-state index contributed by atoms with van der Waals surface area (Å²) in [4.78, 5) is 16.0. The van der Waals surface area contributed by atoms with Crippen LogP contribution in [0.25, 0.3) is 0 Å². The molecule has 2 aromatic rings. The third-order valence-electron chi connectivity index (χ3n) is 7.62. The van der Waals surface area contributed by atoms with E-state index < -0.39 is 35.7 Å². The van der Waals surface area contributed by atoms with Gasteiger partial charge in [0.2, 0.25) is 5.91 Å². The average molecular weight is 556 g/mol. The normalized spacial score (nSPS) is 25.0. The molecule has 1 N–H and O–H groups in total. The number of allylic oxidation sites excluding steroid dienone is 1. The predicted molar refractivity (Wildman–Crippen MR) is 143 cm³/mol. The summed E-state index contributed by atoms with van der Waals surface area (Å²) in [7, 11) is 0. The van der Waals surface area contributed by atoms with Gasteiger partial charge in [-0.1, -0.05) is 67.4 Å². The molecule has 5 atom stereocenters. The Morgan fingerprint density at radius 3 is 2.35 bits per heavy atom. The first-order valence-corrected chi connectivity index (χ1v) is 13.2. The number of benzene rings is 2. The van der Waals surface area contributed by atoms with Crippen molar-refractivity contribution in [1.29, 1.82) is 0 Å². The van der Waals surface area contributed by atoms with Crippen molar-refractivity contribution in [3.05, 3.63) is 82.4 Å². The van der Waals surface area contributed by atoms with Crippen LogP contribution in [-0.2, 0) is 4.79 Å². The van der Waals surface area contributed by atoms with Crippen LogP contribution in [0.2, 0.25) is 10.0 Å². The molecule has 0 aliphatic carbocycles. The van der Waals surface area contributed by atoms with Gasteiger partial charge in [0.25, 0.3) is 0 Å². The molecule has 1 saturated heterocycles. The van der Waals surface area contributed by atoms with Crippen molar-refractivity contribution in [1.82, 2.24) is 4.90 Å². The molecule has 3 nitrogen and oxygen atoms in total. The first-order valence-electron chi connectivity index (χ1n) is 12.5. The predicted octanol–water partition coefficient (Wildman–Crippen LogP) is 8.51. The van der Waals surface area contributed by atoms with E-state index in [9.17, 15) is 23.1 Å². The van der Waals surface area contributed by atoms with Gasteiger partial charge in [0.1, 0.15) is 0 Å². The quantitative estimate of drug-likeness (QED) is 0.315. The second-order valence-electron chi connectivity index (χ2n) is 10.5. The number of nitrogens with zero attached hydrogens (tertiary/aromatic N) is 1. The maximum Gasteiger partial charge on any atom is 0.416 e. The lowest BCUT2D eigenvalue weighted by molar-refractivity contribution is -0.256. The molecule has 0 saturated carbocycles. The van der Waals surface area contributed by atoms with E-state index in [1.807, 2.05) is 44.2 Å². The lowest BCUT2D eigenvalue weighted by atomic mass is 9.67. The molecule has 8 heteroatoms. The fourth-order valence-corrected chi connectivity index (χ4v) is 5.74. The molecule has 1 amide bonds. The van der Waals surface area contributed by atoms with Crippen molar-refractivity contribution in [2.75, 3.05) is 0 Å². The molecule has 1 heterocycles. The monoisotopic (exact) mass is 555 g/mol. The number of aliphatic hydroxyl groups is 1. The van der Waals surface area contributed by atoms with Crippen LogP contribution in [0.1, 0.15) is 76.0 Å². The zero-order valence-corrected chi connectivity index (χ0v) is 22.9. The lowest BCUT2D eigenvalue weighted by Gasteiger charge is -2.52. The number of likely N-dealkylation sites (tertiary alicyclic amines) is 1. The highest BCUT2D eigenvalue weighted by Gasteiger charge is 2.53. The number of carbonyl (C=O) groups is 1. The average Bonchev–Trinajstić information content (AvgIpc) is 2.82. The summed E-state index contributed by atoms with van der Waals surface area (Å²) in [6.45, 7) is 8.38. The number of carbonyl (C=O) groups excluding carboxylic acids is 1. The van der Waals surface area contributed by atoms with E-state index in [2.05, 4.69) is 6.58 Å². The third kappa shape index (κ3) is 6.35. The highest BCUT2D eigenvalue weighted by atomic mass is 35.5. The number of amides is 1. The van der Waals surface area contributed by atoms with Crippen LogP contribution in [0, 0.1) is 5.41 Å². The summed E-state index contributed by atoms with van der Waals surface area (Å²) in [6, 6.07) is 13.7. The standard InChI is InChI=1S/C29H34Cl2F3NO2/c1-5-15-27(3)18-24(20-8-7-9-22(31)17-20)25(19-10-12-21(30)13-11-19)35(26(27)36)23(6-2)14-16-28(4,37)29(32,33)34/h5,7-13,17,23-25,37H,1,6,14-16,18H2,2-4H3/t23-,24+,25?,27-,28+/m0/s1. The summed E-state index contributed by atoms with van der Waals surface area (Å²) in [5.74, 6) is -0.316. The van der Waals surface area contributed by atoms with Gasteiger partial charge in [-0.3, -0.25) is 4.79 Å². The van der Waals surface area contributed by atoms with Crippen molar-refractivity contribution in [2.24, 2.45) is 5.41 Å². The Balaban J connectivity index is 2.16. The van der Waals surface area contributed by atoms with Gasteiger partial charge in [-0.15, -0.1) is 6.58 Å². The largest absolute Gasteiger partial charge is 0.416 e. The van der Waals surface area contributed by atoms with Gasteiger partial charge in [0.05, 0.1) is 11.5 Å². The molecule has 202 valence electrons. The second kappa shape index (κ2) is 11.4. The molecule has 1 fully saturated rings. The van der Waals surface area contributed by atoms with Gasteiger partial charge in [-0.25, -0.2) is 0 Å². The lowest BCUT2D eigenvalue weighted by Crippen LogP contribution is -2.56. The summed E-state index contributed by atoms with van der Waals surface area (Å²) in [5, 5.41) is 11.3. The van der Waals surface area contributed by atoms with Crippen LogP contribution in [0.5, 0.6) is 0 Å². The summed E-state index contributed by atoms with van der Waals surface area (Å²) in [6.07, 6.45) is -2.23. The molecule has 1 aliphatic rings. The zero-order valence-electron chi connectivity index (χ0n) is 21.4. The van der Waals surface area contributed by atoms with Crippen molar-refractivity contribution in [3.63, 3.8) is 0 Å². The molecule has 0 bridgehead atoms. The van der Waals surface area contributed by atoms with Gasteiger partial charge in [-0.05, 0) is 74.4 Å².